The summed E-state index contributed by atoms with van der Waals surface area (Å²) in [7, 11) is 3.20. The van der Waals surface area contributed by atoms with Crippen molar-refractivity contribution in [1.29, 1.82) is 0 Å². The van der Waals surface area contributed by atoms with E-state index in [0.717, 1.165) is 28.1 Å². The quantitative estimate of drug-likeness (QED) is 0.167. The number of amides is 1. The number of nitrogens with zero attached hydrogens (tertiary/aromatic N) is 4. The molecule has 196 valence electrons. The van der Waals surface area contributed by atoms with Crippen LogP contribution in [0.15, 0.2) is 77.0 Å². The van der Waals surface area contributed by atoms with Gasteiger partial charge in [0.25, 0.3) is 5.91 Å². The first-order valence-corrected chi connectivity index (χ1v) is 12.9. The molecular weight excluding hydrogens is 502 g/mol. The number of ether oxygens (including phenoxy) is 3. The molecule has 10 heteroatoms. The summed E-state index contributed by atoms with van der Waals surface area (Å²) in [6, 6.07) is 21.1. The highest BCUT2D eigenvalue weighted by molar-refractivity contribution is 7.99. The monoisotopic (exact) mass is 531 g/mol. The molecule has 4 aromatic rings. The Hall–Kier alpha value is -4.31. The van der Waals surface area contributed by atoms with Gasteiger partial charge in [0.15, 0.2) is 22.5 Å². The van der Waals surface area contributed by atoms with Crippen molar-refractivity contribution >= 4 is 23.9 Å². The number of carbonyl (C=O) groups excluding carboxylic acids is 1. The number of hydrogen-bond acceptors (Lipinski definition) is 8. The summed E-state index contributed by atoms with van der Waals surface area (Å²) in [5.41, 5.74) is 6.26. The first-order valence-electron chi connectivity index (χ1n) is 11.9. The van der Waals surface area contributed by atoms with Crippen molar-refractivity contribution in [3.05, 3.63) is 77.9 Å². The lowest BCUT2D eigenvalue weighted by atomic mass is 10.1. The van der Waals surface area contributed by atoms with Crippen LogP contribution in [0.3, 0.4) is 0 Å². The highest BCUT2D eigenvalue weighted by atomic mass is 32.2. The van der Waals surface area contributed by atoms with Crippen molar-refractivity contribution in [2.75, 3.05) is 26.6 Å². The zero-order valence-electron chi connectivity index (χ0n) is 21.7. The molecule has 0 bridgehead atoms. The Labute approximate surface area is 225 Å². The van der Waals surface area contributed by atoms with Crippen LogP contribution in [-0.4, -0.2) is 53.5 Å². The van der Waals surface area contributed by atoms with Crippen LogP contribution >= 0.6 is 11.8 Å². The summed E-state index contributed by atoms with van der Waals surface area (Å²) < 4.78 is 18.1. The van der Waals surface area contributed by atoms with Crippen molar-refractivity contribution in [2.45, 2.75) is 19.0 Å². The van der Waals surface area contributed by atoms with E-state index in [0.29, 0.717) is 29.1 Å². The molecule has 0 aliphatic carbocycles. The summed E-state index contributed by atoms with van der Waals surface area (Å²) >= 11 is 1.27. The van der Waals surface area contributed by atoms with Gasteiger partial charge in [-0.3, -0.25) is 9.36 Å². The second kappa shape index (κ2) is 12.8. The van der Waals surface area contributed by atoms with Gasteiger partial charge < -0.3 is 14.2 Å². The minimum atomic E-state index is -0.273. The zero-order valence-corrected chi connectivity index (χ0v) is 22.5. The van der Waals surface area contributed by atoms with Crippen LogP contribution in [0.5, 0.6) is 17.2 Å². The van der Waals surface area contributed by atoms with E-state index < -0.39 is 0 Å². The Balaban J connectivity index is 1.47. The standard InChI is InChI=1S/C28H29N5O4S/c1-5-37-24-15-8-20(16-25(24)36-4)17-29-30-26(34)18-38-28-32-31-27(21-9-6-19(2)7-10-21)33(28)22-11-13-23(35-3)14-12-22/h6-17H,5,18H2,1-4H3,(H,30,34). The van der Waals surface area contributed by atoms with Gasteiger partial charge >= 0.3 is 0 Å². The van der Waals surface area contributed by atoms with Crippen LogP contribution in [0.1, 0.15) is 18.1 Å². The van der Waals surface area contributed by atoms with Gasteiger partial charge in [-0.1, -0.05) is 41.6 Å². The van der Waals surface area contributed by atoms with E-state index in [-0.39, 0.29) is 11.7 Å². The lowest BCUT2D eigenvalue weighted by molar-refractivity contribution is -0.118. The molecule has 4 rings (SSSR count). The second-order valence-electron chi connectivity index (χ2n) is 8.13. The van der Waals surface area contributed by atoms with E-state index in [2.05, 4.69) is 20.7 Å². The molecule has 0 aliphatic rings. The highest BCUT2D eigenvalue weighted by Crippen LogP contribution is 2.29. The van der Waals surface area contributed by atoms with Gasteiger partial charge in [0.05, 0.1) is 32.8 Å². The van der Waals surface area contributed by atoms with Crippen molar-refractivity contribution in [3.8, 4) is 34.3 Å². The van der Waals surface area contributed by atoms with Crippen LogP contribution in [0.25, 0.3) is 17.1 Å². The molecular formula is C28H29N5O4S. The van der Waals surface area contributed by atoms with Gasteiger partial charge in [0.2, 0.25) is 0 Å². The lowest BCUT2D eigenvalue weighted by Gasteiger charge is -2.11. The second-order valence-corrected chi connectivity index (χ2v) is 9.07. The van der Waals surface area contributed by atoms with E-state index in [4.69, 9.17) is 14.2 Å². The molecule has 38 heavy (non-hydrogen) atoms. The Kier molecular flexibility index (Phi) is 8.99. The number of benzene rings is 3. The number of aryl methyl sites for hydroxylation is 1. The Morgan fingerprint density at radius 3 is 2.45 bits per heavy atom. The van der Waals surface area contributed by atoms with Gasteiger partial charge in [-0.2, -0.15) is 5.10 Å². The number of rotatable bonds is 11. The number of methoxy groups -OCH3 is 2. The van der Waals surface area contributed by atoms with Crippen molar-refractivity contribution in [1.82, 2.24) is 20.2 Å². The van der Waals surface area contributed by atoms with E-state index in [1.807, 2.05) is 73.0 Å². The third-order valence-electron chi connectivity index (χ3n) is 5.50. The van der Waals surface area contributed by atoms with Crippen LogP contribution in [-0.2, 0) is 4.79 Å². The molecule has 0 radical (unpaired) electrons. The molecule has 9 nitrogen and oxygen atoms in total. The molecule has 0 saturated carbocycles. The van der Waals surface area contributed by atoms with Crippen molar-refractivity contribution in [3.63, 3.8) is 0 Å². The number of carbonyl (C=O) groups is 1. The number of aromatic nitrogens is 3. The van der Waals surface area contributed by atoms with Crippen LogP contribution in [0.2, 0.25) is 0 Å². The number of hydrazone groups is 1. The Bertz CT molecular complexity index is 1400. The molecule has 1 amide bonds. The lowest BCUT2D eigenvalue weighted by Crippen LogP contribution is -2.20. The molecule has 0 saturated heterocycles. The average Bonchev–Trinajstić information content (AvgIpc) is 3.37. The fourth-order valence-electron chi connectivity index (χ4n) is 3.60. The normalized spacial score (nSPS) is 10.9. The fraction of sp³-hybridized carbons (Fsp3) is 0.214. The molecule has 0 unspecified atom stereocenters. The average molecular weight is 532 g/mol. The van der Waals surface area contributed by atoms with Crippen LogP contribution < -0.4 is 19.6 Å². The van der Waals surface area contributed by atoms with Crippen LogP contribution in [0, 0.1) is 6.92 Å². The van der Waals surface area contributed by atoms with Gasteiger partial charge in [-0.15, -0.1) is 10.2 Å². The number of nitrogens with one attached hydrogen (secondary N) is 1. The minimum Gasteiger partial charge on any atom is -0.497 e. The maximum absolute atomic E-state index is 12.6. The van der Waals surface area contributed by atoms with Crippen molar-refractivity contribution in [2.24, 2.45) is 5.10 Å². The predicted octanol–water partition coefficient (Wildman–Crippen LogP) is 4.90. The highest BCUT2D eigenvalue weighted by Gasteiger charge is 2.17. The Morgan fingerprint density at radius 2 is 1.76 bits per heavy atom. The van der Waals surface area contributed by atoms with Gasteiger partial charge in [0.1, 0.15) is 5.75 Å². The number of hydrogen-bond donors (Lipinski definition) is 1. The molecule has 1 N–H and O–H groups in total. The molecule has 0 fully saturated rings. The van der Waals surface area contributed by atoms with E-state index in [1.165, 1.54) is 11.8 Å². The Morgan fingerprint density at radius 1 is 1.00 bits per heavy atom. The van der Waals surface area contributed by atoms with Crippen LogP contribution in [0.4, 0.5) is 0 Å². The summed E-state index contributed by atoms with van der Waals surface area (Å²) in [6.07, 6.45) is 1.55. The first-order chi connectivity index (χ1) is 18.5. The largest absolute Gasteiger partial charge is 0.497 e. The fourth-order valence-corrected chi connectivity index (χ4v) is 4.34. The van der Waals surface area contributed by atoms with E-state index in [9.17, 15) is 4.79 Å². The predicted molar refractivity (Wildman–Crippen MR) is 149 cm³/mol. The number of thioether (sulfide) groups is 1. The van der Waals surface area contributed by atoms with Crippen molar-refractivity contribution < 1.29 is 19.0 Å². The van der Waals surface area contributed by atoms with E-state index >= 15 is 0 Å². The molecule has 0 atom stereocenters. The first kappa shape index (κ1) is 26.7. The van der Waals surface area contributed by atoms with Gasteiger partial charge in [0, 0.05) is 11.3 Å². The molecule has 1 aromatic heterocycles. The minimum absolute atomic E-state index is 0.103. The zero-order chi connectivity index (χ0) is 26.9. The smallest absolute Gasteiger partial charge is 0.250 e. The summed E-state index contributed by atoms with van der Waals surface area (Å²) in [6.45, 7) is 4.48. The van der Waals surface area contributed by atoms with Gasteiger partial charge in [-0.25, -0.2) is 5.43 Å². The maximum Gasteiger partial charge on any atom is 0.250 e. The molecule has 0 aliphatic heterocycles. The SMILES string of the molecule is CCOc1ccc(C=NNC(=O)CSc2nnc(-c3ccc(C)cc3)n2-c2ccc(OC)cc2)cc1OC. The molecule has 1 heterocycles. The molecule has 3 aromatic carbocycles. The molecule has 0 spiro atoms. The van der Waals surface area contributed by atoms with Gasteiger partial charge in [-0.05, 0) is 61.9 Å². The maximum atomic E-state index is 12.6. The van der Waals surface area contributed by atoms with E-state index in [1.54, 1.807) is 32.6 Å². The third kappa shape index (κ3) is 6.51. The summed E-state index contributed by atoms with van der Waals surface area (Å²) in [5, 5.41) is 13.5. The third-order valence-corrected chi connectivity index (χ3v) is 6.43. The summed E-state index contributed by atoms with van der Waals surface area (Å²) in [4.78, 5) is 12.6. The topological polar surface area (TPSA) is 99.9 Å². The summed E-state index contributed by atoms with van der Waals surface area (Å²) in [5.74, 6) is 2.51.